The molecule has 0 N–H and O–H groups in total. The summed E-state index contributed by atoms with van der Waals surface area (Å²) in [5.41, 5.74) is 0.929. The molecule has 2 heterocycles. The predicted octanol–water partition coefficient (Wildman–Crippen LogP) is 3.97. The molecule has 0 bridgehead atoms. The number of hydrogen-bond acceptors (Lipinski definition) is 3. The average Bonchev–Trinajstić information content (AvgIpc) is 2.70. The van der Waals surface area contributed by atoms with Crippen LogP contribution in [0.15, 0.2) is 6.07 Å². The van der Waals surface area contributed by atoms with Crippen LogP contribution in [0.3, 0.4) is 0 Å². The third-order valence-corrected chi connectivity index (χ3v) is 5.04. The molecule has 21 heavy (non-hydrogen) atoms. The summed E-state index contributed by atoms with van der Waals surface area (Å²) in [4.78, 5) is 14.6. The van der Waals surface area contributed by atoms with E-state index in [1.54, 1.807) is 17.9 Å². The van der Waals surface area contributed by atoms with Gasteiger partial charge in [0.05, 0.1) is 12.5 Å². The SMILES string of the molecule is CCOC(=O)N1CCc2cc([C@H](C)C(F)(F)F)sc2CC1. The second-order valence-electron chi connectivity index (χ2n) is 5.05. The van der Waals surface area contributed by atoms with Crippen LogP contribution in [0.1, 0.15) is 35.1 Å². The van der Waals surface area contributed by atoms with Gasteiger partial charge < -0.3 is 9.64 Å². The van der Waals surface area contributed by atoms with Crippen molar-refractivity contribution in [1.82, 2.24) is 4.90 Å². The first kappa shape index (κ1) is 16.1. The molecule has 1 aliphatic heterocycles. The smallest absolute Gasteiger partial charge is 0.409 e. The van der Waals surface area contributed by atoms with Crippen molar-refractivity contribution in [3.63, 3.8) is 0 Å². The first-order chi connectivity index (χ1) is 9.82. The van der Waals surface area contributed by atoms with Crippen molar-refractivity contribution in [2.45, 2.75) is 38.8 Å². The molecule has 0 radical (unpaired) electrons. The number of nitrogens with zero attached hydrogens (tertiary/aromatic N) is 1. The maximum atomic E-state index is 12.8. The Morgan fingerprint density at radius 1 is 1.43 bits per heavy atom. The van der Waals surface area contributed by atoms with Crippen LogP contribution in [-0.4, -0.2) is 36.9 Å². The van der Waals surface area contributed by atoms with Crippen molar-refractivity contribution in [2.75, 3.05) is 19.7 Å². The largest absolute Gasteiger partial charge is 0.450 e. The highest BCUT2D eigenvalue weighted by Crippen LogP contribution is 2.39. The first-order valence-corrected chi connectivity index (χ1v) is 7.74. The molecule has 3 nitrogen and oxygen atoms in total. The molecule has 1 aliphatic rings. The van der Waals surface area contributed by atoms with Gasteiger partial charge in [0.15, 0.2) is 0 Å². The number of ether oxygens (including phenoxy) is 1. The van der Waals surface area contributed by atoms with E-state index >= 15 is 0 Å². The Labute approximate surface area is 125 Å². The highest BCUT2D eigenvalue weighted by Gasteiger charge is 2.38. The number of thiophene rings is 1. The van der Waals surface area contributed by atoms with E-state index in [1.165, 1.54) is 18.3 Å². The van der Waals surface area contributed by atoms with E-state index in [0.29, 0.717) is 37.4 Å². The van der Waals surface area contributed by atoms with E-state index < -0.39 is 12.1 Å². The van der Waals surface area contributed by atoms with Crippen LogP contribution in [0.5, 0.6) is 0 Å². The second kappa shape index (κ2) is 6.25. The molecular weight excluding hydrogens is 303 g/mol. The zero-order valence-electron chi connectivity index (χ0n) is 12.0. The lowest BCUT2D eigenvalue weighted by molar-refractivity contribution is -0.145. The summed E-state index contributed by atoms with van der Waals surface area (Å²) in [5, 5.41) is 0. The van der Waals surface area contributed by atoms with Crippen LogP contribution in [0.2, 0.25) is 0 Å². The monoisotopic (exact) mass is 321 g/mol. The molecule has 0 unspecified atom stereocenters. The Bertz CT molecular complexity index is 487. The Morgan fingerprint density at radius 3 is 2.71 bits per heavy atom. The van der Waals surface area contributed by atoms with E-state index in [4.69, 9.17) is 4.74 Å². The van der Waals surface area contributed by atoms with E-state index in [-0.39, 0.29) is 6.09 Å². The van der Waals surface area contributed by atoms with Crippen LogP contribution in [-0.2, 0) is 17.6 Å². The predicted molar refractivity (Wildman–Crippen MR) is 74.8 cm³/mol. The Balaban J connectivity index is 2.08. The molecule has 0 aromatic carbocycles. The zero-order chi connectivity index (χ0) is 15.6. The molecule has 0 saturated carbocycles. The minimum absolute atomic E-state index is 0.324. The summed E-state index contributed by atoms with van der Waals surface area (Å²) < 4.78 is 43.3. The van der Waals surface area contributed by atoms with Gasteiger partial charge in [0.1, 0.15) is 0 Å². The summed E-state index contributed by atoms with van der Waals surface area (Å²) in [6.07, 6.45) is -3.39. The van der Waals surface area contributed by atoms with Crippen LogP contribution < -0.4 is 0 Å². The number of rotatable bonds is 2. The van der Waals surface area contributed by atoms with Gasteiger partial charge >= 0.3 is 12.3 Å². The minimum atomic E-state index is -4.21. The molecule has 118 valence electrons. The van der Waals surface area contributed by atoms with Crippen LogP contribution >= 0.6 is 11.3 Å². The summed E-state index contributed by atoms with van der Waals surface area (Å²) in [7, 11) is 0. The highest BCUT2D eigenvalue weighted by molar-refractivity contribution is 7.12. The van der Waals surface area contributed by atoms with Crippen LogP contribution in [0.4, 0.5) is 18.0 Å². The molecule has 0 saturated heterocycles. The van der Waals surface area contributed by atoms with Crippen LogP contribution in [0.25, 0.3) is 0 Å². The third-order valence-electron chi connectivity index (χ3n) is 3.62. The van der Waals surface area contributed by atoms with Gasteiger partial charge in [0.25, 0.3) is 0 Å². The van der Waals surface area contributed by atoms with Gasteiger partial charge in [0, 0.05) is 22.8 Å². The minimum Gasteiger partial charge on any atom is -0.450 e. The lowest BCUT2D eigenvalue weighted by Crippen LogP contribution is -2.33. The standard InChI is InChI=1S/C14H18F3NO2S/c1-3-20-13(19)18-6-4-10-8-12(9(2)14(15,16)17)21-11(10)5-7-18/h8-9H,3-7H2,1-2H3/t9-/m0/s1. The summed E-state index contributed by atoms with van der Waals surface area (Å²) in [5.74, 6) is -1.43. The molecule has 0 spiro atoms. The number of halogens is 3. The molecule has 7 heteroatoms. The number of hydrogen-bond donors (Lipinski definition) is 0. The van der Waals surface area contributed by atoms with Gasteiger partial charge in [-0.15, -0.1) is 11.3 Å². The molecule has 1 atom stereocenters. The molecule has 0 fully saturated rings. The lowest BCUT2D eigenvalue weighted by atomic mass is 10.1. The fourth-order valence-corrected chi connectivity index (χ4v) is 3.57. The van der Waals surface area contributed by atoms with Crippen molar-refractivity contribution in [3.8, 4) is 0 Å². The quantitative estimate of drug-likeness (QED) is 0.825. The van der Waals surface area contributed by atoms with Crippen molar-refractivity contribution < 1.29 is 22.7 Å². The van der Waals surface area contributed by atoms with Crippen molar-refractivity contribution in [1.29, 1.82) is 0 Å². The van der Waals surface area contributed by atoms with E-state index in [2.05, 4.69) is 0 Å². The third kappa shape index (κ3) is 3.70. The molecule has 1 amide bonds. The van der Waals surface area contributed by atoms with E-state index in [1.807, 2.05) is 0 Å². The number of carbonyl (C=O) groups is 1. The molecular formula is C14H18F3NO2S. The van der Waals surface area contributed by atoms with Gasteiger partial charge in [-0.2, -0.15) is 13.2 Å². The Kier molecular flexibility index (Phi) is 4.81. The zero-order valence-corrected chi connectivity index (χ0v) is 12.8. The van der Waals surface area contributed by atoms with Crippen molar-refractivity contribution in [3.05, 3.63) is 21.4 Å². The molecule has 2 rings (SSSR count). The van der Waals surface area contributed by atoms with Crippen LogP contribution in [0, 0.1) is 0 Å². The fourth-order valence-electron chi connectivity index (χ4n) is 2.29. The Hall–Kier alpha value is -1.24. The summed E-state index contributed by atoms with van der Waals surface area (Å²) >= 11 is 1.21. The maximum Gasteiger partial charge on any atom is 0.409 e. The van der Waals surface area contributed by atoms with Crippen molar-refractivity contribution in [2.24, 2.45) is 0 Å². The first-order valence-electron chi connectivity index (χ1n) is 6.92. The second-order valence-corrected chi connectivity index (χ2v) is 6.21. The number of amides is 1. The molecule has 1 aromatic rings. The fraction of sp³-hybridized carbons (Fsp3) is 0.643. The molecule has 0 aliphatic carbocycles. The van der Waals surface area contributed by atoms with Gasteiger partial charge in [0.2, 0.25) is 0 Å². The molecule has 1 aromatic heterocycles. The number of carbonyl (C=O) groups excluding carboxylic acids is 1. The average molecular weight is 321 g/mol. The summed E-state index contributed by atoms with van der Waals surface area (Å²) in [6.45, 7) is 4.24. The van der Waals surface area contributed by atoms with Gasteiger partial charge in [-0.1, -0.05) is 0 Å². The topological polar surface area (TPSA) is 29.5 Å². The van der Waals surface area contributed by atoms with E-state index in [9.17, 15) is 18.0 Å². The lowest BCUT2D eigenvalue weighted by Gasteiger charge is -2.19. The van der Waals surface area contributed by atoms with Gasteiger partial charge in [-0.25, -0.2) is 4.79 Å². The number of fused-ring (bicyclic) bond motifs is 1. The Morgan fingerprint density at radius 2 is 2.10 bits per heavy atom. The number of alkyl halides is 3. The summed E-state index contributed by atoms with van der Waals surface area (Å²) in [6, 6.07) is 1.65. The van der Waals surface area contributed by atoms with Gasteiger partial charge in [-0.05, 0) is 38.3 Å². The van der Waals surface area contributed by atoms with E-state index in [0.717, 1.165) is 10.4 Å². The normalized spacial score (nSPS) is 17.1. The highest BCUT2D eigenvalue weighted by atomic mass is 32.1. The maximum absolute atomic E-state index is 12.8. The van der Waals surface area contributed by atoms with Crippen molar-refractivity contribution >= 4 is 17.4 Å². The van der Waals surface area contributed by atoms with Gasteiger partial charge in [-0.3, -0.25) is 0 Å².